The molecule has 0 aliphatic carbocycles. The average Bonchev–Trinajstić information content (AvgIpc) is 2.85. The lowest BCUT2D eigenvalue weighted by atomic mass is 9.97. The van der Waals surface area contributed by atoms with Crippen molar-refractivity contribution in [2.24, 2.45) is 0 Å². The van der Waals surface area contributed by atoms with Gasteiger partial charge >= 0.3 is 5.63 Å². The van der Waals surface area contributed by atoms with Crippen LogP contribution in [0.4, 0.5) is 0 Å². The quantitative estimate of drug-likeness (QED) is 0.110. The highest BCUT2D eigenvalue weighted by Crippen LogP contribution is 2.27. The van der Waals surface area contributed by atoms with Crippen LogP contribution in [0.2, 0.25) is 0 Å². The molecule has 0 spiro atoms. The summed E-state index contributed by atoms with van der Waals surface area (Å²) in [6, 6.07) is 12.3. The van der Waals surface area contributed by atoms with E-state index in [0.29, 0.717) is 41.1 Å². The first kappa shape index (κ1) is 29.4. The van der Waals surface area contributed by atoms with Crippen molar-refractivity contribution in [3.63, 3.8) is 0 Å². The summed E-state index contributed by atoms with van der Waals surface area (Å²) in [5.41, 5.74) is 5.31. The fourth-order valence-corrected chi connectivity index (χ4v) is 4.82. The minimum absolute atomic E-state index is 0.00290. The Morgan fingerprint density at radius 1 is 1.00 bits per heavy atom. The molecule has 5 nitrogen and oxygen atoms in total. The van der Waals surface area contributed by atoms with Crippen molar-refractivity contribution in [1.29, 1.82) is 0 Å². The summed E-state index contributed by atoms with van der Waals surface area (Å²) in [6.07, 6.45) is 3.85. The summed E-state index contributed by atoms with van der Waals surface area (Å²) in [5.74, 6) is 0.622. The molecule has 0 N–H and O–H groups in total. The molecule has 1 heterocycles. The van der Waals surface area contributed by atoms with Gasteiger partial charge in [0.2, 0.25) is 0 Å². The molecular weight excluding hydrogens is 474 g/mol. The van der Waals surface area contributed by atoms with Crippen molar-refractivity contribution in [3.8, 4) is 5.75 Å². The van der Waals surface area contributed by atoms with E-state index in [1.165, 1.54) is 5.57 Å². The van der Waals surface area contributed by atoms with Crippen LogP contribution in [0.25, 0.3) is 11.0 Å². The lowest BCUT2D eigenvalue weighted by Gasteiger charge is -2.30. The minimum Gasteiger partial charge on any atom is -0.493 e. The zero-order valence-electron chi connectivity index (χ0n) is 24.3. The number of nitrogens with zero attached hydrogens (tertiary/aromatic N) is 1. The second-order valence-electron chi connectivity index (χ2n) is 11.0. The van der Waals surface area contributed by atoms with Crippen molar-refractivity contribution in [1.82, 2.24) is 4.90 Å². The van der Waals surface area contributed by atoms with Crippen LogP contribution in [-0.2, 0) is 12.8 Å². The minimum atomic E-state index is -0.479. The molecule has 38 heavy (non-hydrogen) atoms. The molecule has 0 unspecified atom stereocenters. The smallest absolute Gasteiger partial charge is 0.339 e. The van der Waals surface area contributed by atoms with Crippen LogP contribution >= 0.6 is 0 Å². The summed E-state index contributed by atoms with van der Waals surface area (Å²) in [5, 5.41) is 0.788. The van der Waals surface area contributed by atoms with Gasteiger partial charge in [-0.15, -0.1) is 0 Å². The standard InChI is InChI=1S/C33H43NO4/c1-21(2)10-12-26-18-27(13-11-24(26)7)30(35)20-29-19-28-14-15-31(25(8)32(28)38-33(29)36)37-17-9-16-34(22(3)4)23(5)6/h10-11,13-15,18-19,22-23H,9,12,16-17,20H2,1-8H3. The molecule has 2 aromatic carbocycles. The monoisotopic (exact) mass is 517 g/mol. The van der Waals surface area contributed by atoms with Crippen LogP contribution in [-0.4, -0.2) is 35.9 Å². The van der Waals surface area contributed by atoms with Gasteiger partial charge in [0.25, 0.3) is 0 Å². The van der Waals surface area contributed by atoms with E-state index >= 15 is 0 Å². The molecule has 0 aliphatic heterocycles. The van der Waals surface area contributed by atoms with Gasteiger partial charge in [-0.2, -0.15) is 0 Å². The summed E-state index contributed by atoms with van der Waals surface area (Å²) in [7, 11) is 0. The third-order valence-corrected chi connectivity index (χ3v) is 7.07. The van der Waals surface area contributed by atoms with Crippen molar-refractivity contribution >= 4 is 16.8 Å². The molecule has 0 saturated heterocycles. The average molecular weight is 518 g/mol. The number of fused-ring (bicyclic) bond motifs is 1. The Labute approximate surface area is 227 Å². The molecule has 3 aromatic rings. The maximum absolute atomic E-state index is 13.1. The zero-order valence-corrected chi connectivity index (χ0v) is 24.3. The maximum atomic E-state index is 13.1. The van der Waals surface area contributed by atoms with Crippen molar-refractivity contribution in [2.45, 2.75) is 86.7 Å². The van der Waals surface area contributed by atoms with E-state index in [1.807, 2.05) is 44.2 Å². The third kappa shape index (κ3) is 7.44. The van der Waals surface area contributed by atoms with Gasteiger partial charge in [-0.05, 0) is 104 Å². The molecule has 0 radical (unpaired) electrons. The summed E-state index contributed by atoms with van der Waals surface area (Å²) in [4.78, 5) is 28.4. The highest BCUT2D eigenvalue weighted by molar-refractivity contribution is 5.98. The number of hydrogen-bond donors (Lipinski definition) is 0. The number of allylic oxidation sites excluding steroid dienone is 2. The maximum Gasteiger partial charge on any atom is 0.339 e. The lowest BCUT2D eigenvalue weighted by Crippen LogP contribution is -2.38. The predicted octanol–water partition coefficient (Wildman–Crippen LogP) is 7.23. The second-order valence-corrected chi connectivity index (χ2v) is 11.0. The summed E-state index contributed by atoms with van der Waals surface area (Å²) >= 11 is 0. The first-order chi connectivity index (χ1) is 18.0. The number of aryl methyl sites for hydroxylation is 2. The first-order valence-electron chi connectivity index (χ1n) is 13.7. The fourth-order valence-electron chi connectivity index (χ4n) is 4.82. The normalized spacial score (nSPS) is 11.6. The molecule has 0 fully saturated rings. The van der Waals surface area contributed by atoms with Gasteiger partial charge in [0.05, 0.1) is 6.61 Å². The van der Waals surface area contributed by atoms with Gasteiger partial charge in [0.1, 0.15) is 11.3 Å². The number of rotatable bonds is 12. The van der Waals surface area contributed by atoms with E-state index in [0.717, 1.165) is 41.5 Å². The molecule has 0 atom stereocenters. The Kier molecular flexibility index (Phi) is 10.1. The van der Waals surface area contributed by atoms with Crippen LogP contribution in [0.15, 0.2) is 57.3 Å². The Balaban J connectivity index is 1.73. The molecule has 0 aliphatic rings. The number of Topliss-reactive ketones (excluding diaryl/α,β-unsaturated/α-hetero) is 1. The number of ether oxygens (including phenoxy) is 1. The topological polar surface area (TPSA) is 59.8 Å². The molecular formula is C33H43NO4. The SMILES string of the molecule is CC(C)=CCc1cc(C(=O)Cc2cc3ccc(OCCCN(C(C)C)C(C)C)c(C)c3oc2=O)ccc1C. The Bertz CT molecular complexity index is 1350. The van der Waals surface area contributed by atoms with E-state index in [4.69, 9.17) is 9.15 Å². The molecule has 1 aromatic heterocycles. The van der Waals surface area contributed by atoms with Gasteiger partial charge in [-0.1, -0.05) is 23.8 Å². The molecule has 3 rings (SSSR count). The largest absolute Gasteiger partial charge is 0.493 e. The first-order valence-corrected chi connectivity index (χ1v) is 13.7. The van der Waals surface area contributed by atoms with E-state index in [9.17, 15) is 9.59 Å². The van der Waals surface area contributed by atoms with Crippen molar-refractivity contribution < 1.29 is 13.9 Å². The van der Waals surface area contributed by atoms with Crippen molar-refractivity contribution in [3.05, 3.63) is 86.3 Å². The number of ketones is 1. The van der Waals surface area contributed by atoms with E-state index in [-0.39, 0.29) is 12.2 Å². The van der Waals surface area contributed by atoms with Crippen LogP contribution in [0.5, 0.6) is 5.75 Å². The van der Waals surface area contributed by atoms with Crippen LogP contribution in [0, 0.1) is 13.8 Å². The van der Waals surface area contributed by atoms with Crippen molar-refractivity contribution in [2.75, 3.05) is 13.2 Å². The molecule has 0 amide bonds. The molecule has 0 bridgehead atoms. The third-order valence-electron chi connectivity index (χ3n) is 7.07. The van der Waals surface area contributed by atoms with Crippen LogP contribution in [0.3, 0.4) is 0 Å². The Hall–Kier alpha value is -3.18. The highest BCUT2D eigenvalue weighted by Gasteiger charge is 2.16. The zero-order chi connectivity index (χ0) is 28.0. The highest BCUT2D eigenvalue weighted by atomic mass is 16.5. The summed E-state index contributed by atoms with van der Waals surface area (Å²) < 4.78 is 11.8. The Morgan fingerprint density at radius 2 is 1.71 bits per heavy atom. The van der Waals surface area contributed by atoms with Gasteiger partial charge in [-0.25, -0.2) is 4.79 Å². The Morgan fingerprint density at radius 3 is 2.37 bits per heavy atom. The number of carbonyl (C=O) groups excluding carboxylic acids is 1. The summed E-state index contributed by atoms with van der Waals surface area (Å²) in [6.45, 7) is 18.5. The molecule has 204 valence electrons. The number of hydrogen-bond acceptors (Lipinski definition) is 5. The predicted molar refractivity (Wildman–Crippen MR) is 157 cm³/mol. The fraction of sp³-hybridized carbons (Fsp3) is 0.455. The lowest BCUT2D eigenvalue weighted by molar-refractivity contribution is 0.0992. The van der Waals surface area contributed by atoms with E-state index < -0.39 is 5.63 Å². The van der Waals surface area contributed by atoms with Gasteiger partial charge in [-0.3, -0.25) is 9.69 Å². The van der Waals surface area contributed by atoms with Gasteiger partial charge in [0.15, 0.2) is 5.78 Å². The van der Waals surface area contributed by atoms with E-state index in [2.05, 4.69) is 52.5 Å². The number of benzene rings is 2. The second kappa shape index (κ2) is 13.1. The van der Waals surface area contributed by atoms with Gasteiger partial charge < -0.3 is 9.15 Å². The molecule has 0 saturated carbocycles. The van der Waals surface area contributed by atoms with Crippen LogP contribution < -0.4 is 10.4 Å². The van der Waals surface area contributed by atoms with Crippen LogP contribution in [0.1, 0.15) is 80.6 Å². The van der Waals surface area contributed by atoms with E-state index in [1.54, 1.807) is 6.07 Å². The van der Waals surface area contributed by atoms with Gasteiger partial charge in [0, 0.05) is 47.1 Å². The number of carbonyl (C=O) groups is 1. The molecule has 5 heteroatoms.